The van der Waals surface area contributed by atoms with Crippen LogP contribution in [0, 0.1) is 0 Å². The molecule has 1 aromatic carbocycles. The van der Waals surface area contributed by atoms with Gasteiger partial charge in [-0.15, -0.1) is 10.2 Å². The van der Waals surface area contributed by atoms with Gasteiger partial charge < -0.3 is 19.9 Å². The zero-order valence-corrected chi connectivity index (χ0v) is 13.0. The molecule has 7 nitrogen and oxygen atoms in total. The normalized spacial score (nSPS) is 15.6. The summed E-state index contributed by atoms with van der Waals surface area (Å²) in [5.41, 5.74) is 0.972. The average Bonchev–Trinajstić information content (AvgIpc) is 2.53. The van der Waals surface area contributed by atoms with Crippen molar-refractivity contribution in [1.82, 2.24) is 10.2 Å². The van der Waals surface area contributed by atoms with E-state index >= 15 is 0 Å². The van der Waals surface area contributed by atoms with Gasteiger partial charge in [0.15, 0.2) is 10.8 Å². The lowest BCUT2D eigenvalue weighted by molar-refractivity contribution is -0.184. The Bertz CT molecular complexity index is 732. The summed E-state index contributed by atoms with van der Waals surface area (Å²) in [4.78, 5) is 11.7. The van der Waals surface area contributed by atoms with Crippen LogP contribution in [-0.2, 0) is 15.1 Å². The summed E-state index contributed by atoms with van der Waals surface area (Å²) >= 11 is 5.83. The number of carbonyl (C=O) groups is 1. The molecule has 120 valence electrons. The number of nitrogens with zero attached hydrogens (tertiary/aromatic N) is 2. The Hall–Kier alpha value is -2.22. The monoisotopic (exact) mass is 335 g/mol. The molecule has 0 saturated carbocycles. The summed E-state index contributed by atoms with van der Waals surface area (Å²) in [7, 11) is 1.26. The van der Waals surface area contributed by atoms with E-state index < -0.39 is 11.6 Å². The van der Waals surface area contributed by atoms with Gasteiger partial charge in [-0.1, -0.05) is 23.7 Å². The molecule has 0 spiro atoms. The van der Waals surface area contributed by atoms with Gasteiger partial charge in [0.25, 0.3) is 0 Å². The van der Waals surface area contributed by atoms with Gasteiger partial charge in [0.05, 0.1) is 26.0 Å². The summed E-state index contributed by atoms with van der Waals surface area (Å²) in [6.07, 6.45) is 0. The number of carbonyl (C=O) groups excluding carboxylic acids is 1. The molecule has 0 aliphatic carbocycles. The molecule has 1 aliphatic rings. The molecule has 1 fully saturated rings. The molecular weight excluding hydrogens is 322 g/mol. The smallest absolute Gasteiger partial charge is 0.360 e. The number of methoxy groups -OCH3 is 1. The number of esters is 1. The number of ether oxygens (including phenoxy) is 2. The number of aliphatic hydroxyl groups is 1. The SMILES string of the molecule is COC(=O)c1nnc(Cl)cc1Nc1ccc(C2(O)COC2)cc1. The fraction of sp³-hybridized carbons (Fsp3) is 0.267. The summed E-state index contributed by atoms with van der Waals surface area (Å²) in [5, 5.41) is 20.8. The molecule has 1 aliphatic heterocycles. The number of anilines is 2. The van der Waals surface area contributed by atoms with Gasteiger partial charge in [-0.25, -0.2) is 4.79 Å². The number of aromatic nitrogens is 2. The van der Waals surface area contributed by atoms with Gasteiger partial charge in [-0.3, -0.25) is 0 Å². The van der Waals surface area contributed by atoms with Crippen molar-refractivity contribution in [2.24, 2.45) is 0 Å². The number of halogens is 1. The summed E-state index contributed by atoms with van der Waals surface area (Å²) in [5.74, 6) is -0.616. The molecule has 1 saturated heterocycles. The van der Waals surface area contributed by atoms with E-state index in [1.165, 1.54) is 13.2 Å². The molecule has 0 atom stereocenters. The van der Waals surface area contributed by atoms with E-state index in [1.54, 1.807) is 24.3 Å². The van der Waals surface area contributed by atoms with E-state index in [0.717, 1.165) is 5.56 Å². The number of hydrogen-bond donors (Lipinski definition) is 2. The predicted molar refractivity (Wildman–Crippen MR) is 82.8 cm³/mol. The van der Waals surface area contributed by atoms with Crippen LogP contribution in [0.2, 0.25) is 5.15 Å². The van der Waals surface area contributed by atoms with Gasteiger partial charge in [-0.2, -0.15) is 0 Å². The summed E-state index contributed by atoms with van der Waals surface area (Å²) in [6, 6.07) is 8.63. The van der Waals surface area contributed by atoms with Crippen LogP contribution < -0.4 is 5.32 Å². The molecule has 2 N–H and O–H groups in total. The lowest BCUT2D eigenvalue weighted by atomic mass is 9.92. The number of benzene rings is 1. The Morgan fingerprint density at radius 1 is 1.35 bits per heavy atom. The van der Waals surface area contributed by atoms with Crippen molar-refractivity contribution in [1.29, 1.82) is 0 Å². The second-order valence-electron chi connectivity index (χ2n) is 5.15. The van der Waals surface area contributed by atoms with Crippen molar-refractivity contribution >= 4 is 28.9 Å². The predicted octanol–water partition coefficient (Wildman–Crippen LogP) is 1.88. The Morgan fingerprint density at radius 3 is 2.61 bits per heavy atom. The Morgan fingerprint density at radius 2 is 2.04 bits per heavy atom. The summed E-state index contributed by atoms with van der Waals surface area (Å²) in [6.45, 7) is 0.576. The number of nitrogens with one attached hydrogen (secondary N) is 1. The van der Waals surface area contributed by atoms with Crippen molar-refractivity contribution in [3.05, 3.63) is 46.7 Å². The quantitative estimate of drug-likeness (QED) is 0.824. The number of hydrogen-bond acceptors (Lipinski definition) is 7. The van der Waals surface area contributed by atoms with Gasteiger partial charge >= 0.3 is 5.97 Å². The minimum Gasteiger partial charge on any atom is -0.464 e. The van der Waals surface area contributed by atoms with Gasteiger partial charge in [0.2, 0.25) is 0 Å². The molecule has 23 heavy (non-hydrogen) atoms. The van der Waals surface area contributed by atoms with Crippen LogP contribution in [0.5, 0.6) is 0 Å². The maximum absolute atomic E-state index is 11.7. The van der Waals surface area contributed by atoms with E-state index in [0.29, 0.717) is 11.4 Å². The molecule has 1 aromatic heterocycles. The maximum atomic E-state index is 11.7. The van der Waals surface area contributed by atoms with Gasteiger partial charge in [0, 0.05) is 11.8 Å². The third-order valence-corrected chi connectivity index (χ3v) is 3.71. The highest BCUT2D eigenvalue weighted by molar-refractivity contribution is 6.29. The highest BCUT2D eigenvalue weighted by atomic mass is 35.5. The van der Waals surface area contributed by atoms with E-state index in [2.05, 4.69) is 20.3 Å². The first-order valence-corrected chi connectivity index (χ1v) is 7.19. The van der Waals surface area contributed by atoms with Crippen molar-refractivity contribution in [2.75, 3.05) is 25.6 Å². The Balaban J connectivity index is 1.84. The topological polar surface area (TPSA) is 93.6 Å². The molecular formula is C15H14ClN3O4. The van der Waals surface area contributed by atoms with Crippen molar-refractivity contribution in [3.63, 3.8) is 0 Å². The second kappa shape index (κ2) is 6.11. The highest BCUT2D eigenvalue weighted by Gasteiger charge is 2.37. The first-order chi connectivity index (χ1) is 11.0. The van der Waals surface area contributed by atoms with Gasteiger partial charge in [0.1, 0.15) is 5.60 Å². The van der Waals surface area contributed by atoms with Crippen molar-refractivity contribution in [3.8, 4) is 0 Å². The first kappa shape index (κ1) is 15.7. The van der Waals surface area contributed by atoms with Crippen LogP contribution in [0.4, 0.5) is 11.4 Å². The average molecular weight is 336 g/mol. The van der Waals surface area contributed by atoms with Crippen molar-refractivity contribution in [2.45, 2.75) is 5.60 Å². The molecule has 8 heteroatoms. The summed E-state index contributed by atoms with van der Waals surface area (Å²) < 4.78 is 9.71. The fourth-order valence-electron chi connectivity index (χ4n) is 2.19. The molecule has 0 radical (unpaired) electrons. The molecule has 3 rings (SSSR count). The largest absolute Gasteiger partial charge is 0.464 e. The lowest BCUT2D eigenvalue weighted by Crippen LogP contribution is -2.46. The third-order valence-electron chi connectivity index (χ3n) is 3.53. The third kappa shape index (κ3) is 3.12. The zero-order valence-electron chi connectivity index (χ0n) is 12.2. The van der Waals surface area contributed by atoms with E-state index in [4.69, 9.17) is 16.3 Å². The van der Waals surface area contributed by atoms with Crippen LogP contribution in [-0.4, -0.2) is 41.6 Å². The molecule has 0 amide bonds. The minimum absolute atomic E-state index is 0.0343. The first-order valence-electron chi connectivity index (χ1n) is 6.81. The van der Waals surface area contributed by atoms with Crippen LogP contribution in [0.15, 0.2) is 30.3 Å². The van der Waals surface area contributed by atoms with Crippen LogP contribution in [0.3, 0.4) is 0 Å². The minimum atomic E-state index is -0.919. The van der Waals surface area contributed by atoms with E-state index in [9.17, 15) is 9.90 Å². The lowest BCUT2D eigenvalue weighted by Gasteiger charge is -2.36. The molecule has 2 aromatic rings. The van der Waals surface area contributed by atoms with Crippen LogP contribution >= 0.6 is 11.6 Å². The zero-order chi connectivity index (χ0) is 16.4. The second-order valence-corrected chi connectivity index (χ2v) is 5.53. The van der Waals surface area contributed by atoms with Gasteiger partial charge in [-0.05, 0) is 17.7 Å². The van der Waals surface area contributed by atoms with E-state index in [-0.39, 0.29) is 24.1 Å². The van der Waals surface area contributed by atoms with E-state index in [1.807, 2.05) is 0 Å². The molecule has 0 bridgehead atoms. The number of rotatable bonds is 4. The Kier molecular flexibility index (Phi) is 4.16. The molecule has 0 unspecified atom stereocenters. The highest BCUT2D eigenvalue weighted by Crippen LogP contribution is 2.30. The van der Waals surface area contributed by atoms with Crippen LogP contribution in [0.1, 0.15) is 16.1 Å². The Labute approximate surface area is 137 Å². The van der Waals surface area contributed by atoms with Crippen molar-refractivity contribution < 1.29 is 19.4 Å². The standard InChI is InChI=1S/C15H14ClN3O4/c1-22-14(20)13-11(6-12(16)18-19-13)17-10-4-2-9(3-5-10)15(21)7-23-8-15/h2-6,21H,7-8H2,1H3,(H,17,18). The fourth-order valence-corrected chi connectivity index (χ4v) is 2.34. The van der Waals surface area contributed by atoms with Crippen LogP contribution in [0.25, 0.3) is 0 Å². The maximum Gasteiger partial charge on any atom is 0.360 e. The molecule has 2 heterocycles.